The van der Waals surface area contributed by atoms with E-state index in [1.54, 1.807) is 51.5 Å². The van der Waals surface area contributed by atoms with Crippen LogP contribution in [0.5, 0.6) is 5.75 Å². The van der Waals surface area contributed by atoms with E-state index < -0.39 is 11.3 Å². The molecule has 2 rings (SSSR count). The molecule has 0 N–H and O–H groups in total. The van der Waals surface area contributed by atoms with E-state index in [2.05, 4.69) is 0 Å². The van der Waals surface area contributed by atoms with Crippen molar-refractivity contribution in [1.29, 1.82) is 0 Å². The molecule has 98 valence electrons. The molecule has 18 heavy (non-hydrogen) atoms. The van der Waals surface area contributed by atoms with Gasteiger partial charge in [0.25, 0.3) is 5.92 Å². The number of ether oxygens (including phenoxy) is 1. The van der Waals surface area contributed by atoms with Crippen LogP contribution in [0.2, 0.25) is 0 Å². The monoisotopic (exact) mass is 270 g/mol. The summed E-state index contributed by atoms with van der Waals surface area (Å²) >= 11 is 1.33. The Morgan fingerprint density at radius 3 is 2.39 bits per heavy atom. The first-order valence-corrected chi connectivity index (χ1v) is 6.59. The van der Waals surface area contributed by atoms with Crippen LogP contribution in [0.3, 0.4) is 0 Å². The van der Waals surface area contributed by atoms with Crippen molar-refractivity contribution in [3.05, 3.63) is 29.1 Å². The molecule has 1 aromatic carbocycles. The Labute approximate surface area is 109 Å². The van der Waals surface area contributed by atoms with Crippen LogP contribution in [-0.4, -0.2) is 7.11 Å². The fourth-order valence-corrected chi connectivity index (χ4v) is 2.79. The van der Waals surface area contributed by atoms with Gasteiger partial charge in [-0.2, -0.15) is 0 Å². The number of alkyl halides is 2. The van der Waals surface area contributed by atoms with Crippen LogP contribution in [0.4, 0.5) is 8.78 Å². The van der Waals surface area contributed by atoms with E-state index in [9.17, 15) is 8.78 Å². The molecule has 0 aliphatic rings. The smallest absolute Gasteiger partial charge is 0.279 e. The molecule has 0 unspecified atom stereocenters. The maximum absolute atomic E-state index is 14.4. The Morgan fingerprint density at radius 1 is 1.17 bits per heavy atom. The van der Waals surface area contributed by atoms with Crippen molar-refractivity contribution in [3.8, 4) is 5.75 Å². The van der Waals surface area contributed by atoms with Gasteiger partial charge in [-0.25, -0.2) is 8.78 Å². The summed E-state index contributed by atoms with van der Waals surface area (Å²) in [5, 5.41) is 2.16. The molecule has 1 nitrogen and oxygen atoms in total. The molecule has 0 aliphatic heterocycles. The Bertz CT molecular complexity index is 567. The molecule has 2 aromatic rings. The Kier molecular flexibility index (Phi) is 3.09. The fourth-order valence-electron chi connectivity index (χ4n) is 1.78. The third kappa shape index (κ3) is 1.99. The van der Waals surface area contributed by atoms with E-state index in [0.29, 0.717) is 11.1 Å². The number of benzene rings is 1. The van der Waals surface area contributed by atoms with Gasteiger partial charge < -0.3 is 4.74 Å². The minimum atomic E-state index is -2.85. The van der Waals surface area contributed by atoms with Gasteiger partial charge in [0.15, 0.2) is 0 Å². The minimum absolute atomic E-state index is 0.109. The highest BCUT2D eigenvalue weighted by Crippen LogP contribution is 2.48. The number of hydrogen-bond acceptors (Lipinski definition) is 2. The van der Waals surface area contributed by atoms with Gasteiger partial charge in [0.05, 0.1) is 7.11 Å². The van der Waals surface area contributed by atoms with Crippen LogP contribution in [0.15, 0.2) is 23.6 Å². The third-order valence-corrected chi connectivity index (χ3v) is 4.01. The van der Waals surface area contributed by atoms with Gasteiger partial charge in [-0.15, -0.1) is 11.3 Å². The number of fused-ring (bicyclic) bond motifs is 1. The second-order valence-electron chi connectivity index (χ2n) is 5.34. The van der Waals surface area contributed by atoms with Crippen molar-refractivity contribution >= 4 is 21.4 Å². The lowest BCUT2D eigenvalue weighted by Gasteiger charge is -2.30. The molecule has 0 radical (unpaired) electrons. The molecule has 1 aromatic heterocycles. The lowest BCUT2D eigenvalue weighted by atomic mass is 9.83. The zero-order valence-corrected chi connectivity index (χ0v) is 11.7. The average molecular weight is 270 g/mol. The highest BCUT2D eigenvalue weighted by molar-refractivity contribution is 7.17. The molecule has 4 heteroatoms. The fraction of sp³-hybridized carbons (Fsp3) is 0.429. The highest BCUT2D eigenvalue weighted by atomic mass is 32.1. The maximum atomic E-state index is 14.4. The number of thiophene rings is 1. The van der Waals surface area contributed by atoms with E-state index in [0.717, 1.165) is 4.70 Å². The zero-order chi connectivity index (χ0) is 13.6. The lowest BCUT2D eigenvalue weighted by Crippen LogP contribution is -2.30. The van der Waals surface area contributed by atoms with E-state index in [1.807, 2.05) is 0 Å². The van der Waals surface area contributed by atoms with Gasteiger partial charge in [-0.1, -0.05) is 20.8 Å². The molecule has 0 aliphatic carbocycles. The maximum Gasteiger partial charge on any atom is 0.279 e. The molecule has 0 spiro atoms. The molecule has 0 atom stereocenters. The van der Waals surface area contributed by atoms with Gasteiger partial charge in [-0.05, 0) is 18.2 Å². The van der Waals surface area contributed by atoms with Gasteiger partial charge in [0.1, 0.15) is 5.75 Å². The van der Waals surface area contributed by atoms with E-state index in [-0.39, 0.29) is 5.56 Å². The molecule has 0 saturated heterocycles. The summed E-state index contributed by atoms with van der Waals surface area (Å²) in [6.07, 6.45) is 0. The predicted octanol–water partition coefficient (Wildman–Crippen LogP) is 5.05. The second-order valence-corrected chi connectivity index (χ2v) is 6.25. The zero-order valence-electron chi connectivity index (χ0n) is 10.9. The van der Waals surface area contributed by atoms with Crippen molar-refractivity contribution in [2.75, 3.05) is 7.11 Å². The molecular formula is C14H16F2OS. The number of halogens is 2. The predicted molar refractivity (Wildman–Crippen MR) is 71.7 cm³/mol. The molecule has 0 saturated carbocycles. The van der Waals surface area contributed by atoms with Gasteiger partial charge in [-0.3, -0.25) is 0 Å². The summed E-state index contributed by atoms with van der Waals surface area (Å²) in [5.41, 5.74) is -0.987. The van der Waals surface area contributed by atoms with E-state index in [1.165, 1.54) is 11.3 Å². The van der Waals surface area contributed by atoms with Crippen LogP contribution in [-0.2, 0) is 5.92 Å². The minimum Gasteiger partial charge on any atom is -0.497 e. The third-order valence-electron chi connectivity index (χ3n) is 3.06. The highest BCUT2D eigenvalue weighted by Gasteiger charge is 2.46. The summed E-state index contributed by atoms with van der Waals surface area (Å²) < 4.78 is 34.7. The van der Waals surface area contributed by atoms with Gasteiger partial charge in [0, 0.05) is 26.4 Å². The molecule has 1 heterocycles. The van der Waals surface area contributed by atoms with Crippen molar-refractivity contribution in [1.82, 2.24) is 0 Å². The summed E-state index contributed by atoms with van der Waals surface area (Å²) in [4.78, 5) is 0. The van der Waals surface area contributed by atoms with Crippen LogP contribution < -0.4 is 4.74 Å². The van der Waals surface area contributed by atoms with Gasteiger partial charge >= 0.3 is 0 Å². The largest absolute Gasteiger partial charge is 0.497 e. The Morgan fingerprint density at radius 2 is 1.83 bits per heavy atom. The summed E-state index contributed by atoms with van der Waals surface area (Å²) in [6, 6.07) is 5.22. The standard InChI is InChI=1S/C14H16F2OS/c1-13(2,3)14(15,16)11-8-18-12-7-9(17-4)5-6-10(11)12/h5-8H,1-4H3. The second kappa shape index (κ2) is 4.19. The van der Waals surface area contributed by atoms with E-state index >= 15 is 0 Å². The Balaban J connectivity index is 2.60. The first-order chi connectivity index (χ1) is 8.27. The molecular weight excluding hydrogens is 254 g/mol. The summed E-state index contributed by atoms with van der Waals surface area (Å²) in [5.74, 6) is -2.16. The van der Waals surface area contributed by atoms with Crippen molar-refractivity contribution in [2.45, 2.75) is 26.7 Å². The topological polar surface area (TPSA) is 9.23 Å². The van der Waals surface area contributed by atoms with Crippen molar-refractivity contribution in [3.63, 3.8) is 0 Å². The van der Waals surface area contributed by atoms with Gasteiger partial charge in [0.2, 0.25) is 0 Å². The van der Waals surface area contributed by atoms with Crippen LogP contribution in [0.25, 0.3) is 10.1 Å². The molecule has 0 bridgehead atoms. The first-order valence-electron chi connectivity index (χ1n) is 5.71. The summed E-state index contributed by atoms with van der Waals surface area (Å²) in [6.45, 7) is 4.67. The average Bonchev–Trinajstić information content (AvgIpc) is 2.70. The quantitative estimate of drug-likeness (QED) is 0.742. The number of hydrogen-bond donors (Lipinski definition) is 0. The number of rotatable bonds is 2. The van der Waals surface area contributed by atoms with Crippen LogP contribution in [0.1, 0.15) is 26.3 Å². The first kappa shape index (κ1) is 13.3. The Hall–Kier alpha value is -1.16. The van der Waals surface area contributed by atoms with E-state index in [4.69, 9.17) is 4.74 Å². The molecule has 0 fully saturated rings. The summed E-state index contributed by atoms with van der Waals surface area (Å²) in [7, 11) is 1.57. The number of methoxy groups -OCH3 is 1. The normalized spacial score (nSPS) is 13.0. The van der Waals surface area contributed by atoms with Crippen molar-refractivity contribution < 1.29 is 13.5 Å². The van der Waals surface area contributed by atoms with Crippen LogP contribution >= 0.6 is 11.3 Å². The molecule has 0 amide bonds. The van der Waals surface area contributed by atoms with Crippen molar-refractivity contribution in [2.24, 2.45) is 5.41 Å². The lowest BCUT2D eigenvalue weighted by molar-refractivity contribution is -0.102. The SMILES string of the molecule is COc1ccc2c(C(F)(F)C(C)(C)C)csc2c1. The van der Waals surface area contributed by atoms with Crippen LogP contribution in [0, 0.1) is 5.41 Å².